The van der Waals surface area contributed by atoms with Crippen LogP contribution < -0.4 is 16.1 Å². The van der Waals surface area contributed by atoms with Crippen molar-refractivity contribution in [3.05, 3.63) is 34.9 Å². The smallest absolute Gasteiger partial charge is 0.404 e. The summed E-state index contributed by atoms with van der Waals surface area (Å²) < 4.78 is 0. The van der Waals surface area contributed by atoms with Crippen molar-refractivity contribution in [3.8, 4) is 0 Å². The first-order chi connectivity index (χ1) is 17.7. The number of urea groups is 1. The number of hydrogen-bond acceptors (Lipinski definition) is 4. The molecule has 3 amide bonds. The number of benzene rings is 1. The van der Waals surface area contributed by atoms with Gasteiger partial charge in [-0.2, -0.15) is 0 Å². The van der Waals surface area contributed by atoms with Gasteiger partial charge >= 0.3 is 12.1 Å². The Morgan fingerprint density at radius 2 is 1.81 bits per heavy atom. The maximum Gasteiger partial charge on any atom is 0.404 e. The normalized spacial score (nSPS) is 27.5. The molecule has 2 atom stereocenters. The number of amides is 3. The molecule has 0 radical (unpaired) electrons. The Balaban J connectivity index is 1.31. The lowest BCUT2D eigenvalue weighted by Gasteiger charge is -2.57. The predicted octanol–water partition coefficient (Wildman–Crippen LogP) is 5.46. The second-order valence-electron chi connectivity index (χ2n) is 12.0. The summed E-state index contributed by atoms with van der Waals surface area (Å²) in [6.45, 7) is 1.30. The third-order valence-corrected chi connectivity index (χ3v) is 9.23. The van der Waals surface area contributed by atoms with Crippen molar-refractivity contribution in [1.82, 2.24) is 21.0 Å². The molecule has 9 heteroatoms. The molecular formula is C28H43ClN4O4. The van der Waals surface area contributed by atoms with Gasteiger partial charge in [0, 0.05) is 37.7 Å². The van der Waals surface area contributed by atoms with E-state index in [9.17, 15) is 14.8 Å². The lowest BCUT2D eigenvalue weighted by atomic mass is 9.48. The highest BCUT2D eigenvalue weighted by atomic mass is 35.5. The fraction of sp³-hybridized carbons (Fsp3) is 0.714. The molecule has 1 aromatic carbocycles. The van der Waals surface area contributed by atoms with Gasteiger partial charge in [-0.25, -0.2) is 15.1 Å². The van der Waals surface area contributed by atoms with Crippen LogP contribution in [0.3, 0.4) is 0 Å². The molecule has 4 fully saturated rings. The van der Waals surface area contributed by atoms with Crippen LogP contribution in [0.1, 0.15) is 75.7 Å². The number of carboxylic acid groups (broad SMARTS) is 1. The van der Waals surface area contributed by atoms with Crippen molar-refractivity contribution in [2.24, 2.45) is 23.2 Å². The van der Waals surface area contributed by atoms with Gasteiger partial charge in [-0.3, -0.25) is 0 Å². The highest BCUT2D eigenvalue weighted by molar-refractivity contribution is 6.30. The zero-order valence-corrected chi connectivity index (χ0v) is 22.7. The van der Waals surface area contributed by atoms with Gasteiger partial charge in [-0.1, -0.05) is 23.7 Å². The van der Waals surface area contributed by atoms with Gasteiger partial charge in [0.1, 0.15) is 0 Å². The molecule has 5 N–H and O–H groups in total. The van der Waals surface area contributed by atoms with Crippen LogP contribution in [0.25, 0.3) is 0 Å². The Bertz CT molecular complexity index is 894. The number of rotatable bonds is 13. The van der Waals surface area contributed by atoms with Gasteiger partial charge in [0.25, 0.3) is 0 Å². The molecule has 4 aliphatic rings. The lowest BCUT2D eigenvalue weighted by Crippen LogP contribution is -2.53. The van der Waals surface area contributed by atoms with Crippen LogP contribution in [-0.2, 0) is 0 Å². The maximum atomic E-state index is 13.2. The minimum atomic E-state index is -1.02. The van der Waals surface area contributed by atoms with Crippen molar-refractivity contribution in [2.45, 2.75) is 76.2 Å². The Morgan fingerprint density at radius 1 is 1.14 bits per heavy atom. The standard InChI is InChI=1S/C28H43ClN4O4/c1-33(9-7-22(5-3-8-30-27(35)36)23-4-2-6-24(29)13-23)26(34)32-25(18-31-37)17-28-14-19-10-20(15-28)12-21(11-19)16-28/h2,4,6,13,19-22,25,30-31,37H,3,5,7-12,14-18H2,1H3,(H,32,34)(H,35,36)/t19?,20?,21?,22-,25+,28?/m1/s1. The molecule has 0 unspecified atom stereocenters. The third kappa shape index (κ3) is 7.74. The van der Waals surface area contributed by atoms with Gasteiger partial charge in [-0.15, -0.1) is 0 Å². The van der Waals surface area contributed by atoms with Gasteiger partial charge in [0.2, 0.25) is 0 Å². The zero-order valence-electron chi connectivity index (χ0n) is 21.9. The van der Waals surface area contributed by atoms with Gasteiger partial charge in [0.15, 0.2) is 0 Å². The highest BCUT2D eigenvalue weighted by Gasteiger charge is 2.51. The predicted molar refractivity (Wildman–Crippen MR) is 144 cm³/mol. The van der Waals surface area contributed by atoms with Crippen molar-refractivity contribution in [3.63, 3.8) is 0 Å². The van der Waals surface area contributed by atoms with Crippen molar-refractivity contribution in [1.29, 1.82) is 0 Å². The first kappa shape index (κ1) is 28.0. The summed E-state index contributed by atoms with van der Waals surface area (Å²) in [6, 6.07) is 7.52. The van der Waals surface area contributed by atoms with E-state index in [-0.39, 0.29) is 18.0 Å². The van der Waals surface area contributed by atoms with E-state index in [2.05, 4.69) is 16.1 Å². The number of hydrogen-bond donors (Lipinski definition) is 5. The molecule has 4 bridgehead atoms. The zero-order chi connectivity index (χ0) is 26.4. The molecule has 37 heavy (non-hydrogen) atoms. The molecule has 8 nitrogen and oxygen atoms in total. The van der Waals surface area contributed by atoms with Crippen molar-refractivity contribution in [2.75, 3.05) is 26.7 Å². The second-order valence-corrected chi connectivity index (χ2v) is 12.4. The van der Waals surface area contributed by atoms with E-state index in [0.29, 0.717) is 36.5 Å². The van der Waals surface area contributed by atoms with Crippen LogP contribution >= 0.6 is 11.6 Å². The topological polar surface area (TPSA) is 114 Å². The lowest BCUT2D eigenvalue weighted by molar-refractivity contribution is -0.0626. The molecule has 1 aromatic rings. The summed E-state index contributed by atoms with van der Waals surface area (Å²) in [5.41, 5.74) is 3.72. The van der Waals surface area contributed by atoms with E-state index in [4.69, 9.17) is 16.7 Å². The molecular weight excluding hydrogens is 492 g/mol. The number of halogens is 1. The van der Waals surface area contributed by atoms with E-state index in [1.54, 1.807) is 4.90 Å². The average Bonchev–Trinajstić information content (AvgIpc) is 2.82. The summed E-state index contributed by atoms with van der Waals surface area (Å²) in [5, 5.41) is 24.6. The number of carbonyl (C=O) groups is 2. The second kappa shape index (κ2) is 12.7. The Kier molecular flexibility index (Phi) is 9.59. The van der Waals surface area contributed by atoms with Crippen molar-refractivity contribution >= 4 is 23.7 Å². The number of nitrogens with one attached hydrogen (secondary N) is 3. The Morgan fingerprint density at radius 3 is 2.41 bits per heavy atom. The number of nitrogens with zero attached hydrogens (tertiary/aromatic N) is 1. The molecule has 206 valence electrons. The van der Waals surface area contributed by atoms with Crippen LogP contribution in [0, 0.1) is 23.2 Å². The average molecular weight is 535 g/mol. The van der Waals surface area contributed by atoms with Gasteiger partial charge in [0.05, 0.1) is 0 Å². The largest absolute Gasteiger partial charge is 0.465 e. The molecule has 0 heterocycles. The van der Waals surface area contributed by atoms with Crippen LogP contribution in [0.2, 0.25) is 5.02 Å². The Labute approximate surface area is 225 Å². The summed E-state index contributed by atoms with van der Waals surface area (Å²) in [4.78, 5) is 25.7. The van der Waals surface area contributed by atoms with E-state index in [1.807, 2.05) is 31.3 Å². The molecule has 0 aromatic heterocycles. The van der Waals surface area contributed by atoms with E-state index >= 15 is 0 Å². The Hall–Kier alpha value is -2.03. The van der Waals surface area contributed by atoms with E-state index in [0.717, 1.165) is 42.6 Å². The van der Waals surface area contributed by atoms with Crippen LogP contribution in [0.5, 0.6) is 0 Å². The quantitative estimate of drug-likeness (QED) is 0.170. The van der Waals surface area contributed by atoms with Gasteiger partial charge in [-0.05, 0) is 111 Å². The fourth-order valence-electron chi connectivity index (χ4n) is 7.86. The summed E-state index contributed by atoms with van der Waals surface area (Å²) in [5.74, 6) is 2.70. The van der Waals surface area contributed by atoms with E-state index < -0.39 is 6.09 Å². The summed E-state index contributed by atoms with van der Waals surface area (Å²) in [6.07, 6.45) is 10.1. The van der Waals surface area contributed by atoms with Crippen LogP contribution in [0.4, 0.5) is 9.59 Å². The minimum Gasteiger partial charge on any atom is -0.465 e. The van der Waals surface area contributed by atoms with Crippen LogP contribution in [0.15, 0.2) is 24.3 Å². The molecule has 5 rings (SSSR count). The SMILES string of the molecule is CN(CC[C@@H](CCCNC(=O)O)c1cccc(Cl)c1)C(=O)N[C@H](CNO)CC12CC3CC(CC(C3)C1)C2. The fourth-order valence-corrected chi connectivity index (χ4v) is 8.06. The number of carbonyl (C=O) groups excluding carboxylic acids is 1. The first-order valence-electron chi connectivity index (χ1n) is 13.9. The maximum absolute atomic E-state index is 13.2. The molecule has 0 spiro atoms. The summed E-state index contributed by atoms with van der Waals surface area (Å²) >= 11 is 6.23. The third-order valence-electron chi connectivity index (χ3n) is 9.00. The monoisotopic (exact) mass is 534 g/mol. The molecule has 0 saturated heterocycles. The van der Waals surface area contributed by atoms with Gasteiger partial charge < -0.3 is 25.8 Å². The highest BCUT2D eigenvalue weighted by Crippen LogP contribution is 2.61. The van der Waals surface area contributed by atoms with Crippen LogP contribution in [-0.4, -0.2) is 60.1 Å². The van der Waals surface area contributed by atoms with Crippen molar-refractivity contribution < 1.29 is 19.9 Å². The molecule has 4 saturated carbocycles. The number of hydroxylamine groups is 1. The molecule has 0 aliphatic heterocycles. The minimum absolute atomic E-state index is 0.109. The van der Waals surface area contributed by atoms with E-state index in [1.165, 1.54) is 38.5 Å². The first-order valence-corrected chi connectivity index (χ1v) is 14.2. The summed E-state index contributed by atoms with van der Waals surface area (Å²) in [7, 11) is 1.81. The molecule has 4 aliphatic carbocycles.